The van der Waals surface area contributed by atoms with Crippen LogP contribution in [-0.2, 0) is 6.54 Å². The number of nitrogens with one attached hydrogen (secondary N) is 2. The van der Waals surface area contributed by atoms with Gasteiger partial charge in [0, 0.05) is 18.4 Å². The van der Waals surface area contributed by atoms with E-state index in [9.17, 15) is 9.18 Å². The van der Waals surface area contributed by atoms with Gasteiger partial charge in [-0.25, -0.2) is 4.39 Å². The van der Waals surface area contributed by atoms with E-state index in [4.69, 9.17) is 21.7 Å². The summed E-state index contributed by atoms with van der Waals surface area (Å²) in [6.45, 7) is 0.518. The highest BCUT2D eigenvalue weighted by Gasteiger charge is 2.16. The third-order valence-corrected chi connectivity index (χ3v) is 4.28. The second-order valence-electron chi connectivity index (χ2n) is 5.66. The van der Waals surface area contributed by atoms with Gasteiger partial charge in [-0.15, -0.1) is 0 Å². The number of aromatic amines is 1. The van der Waals surface area contributed by atoms with Crippen molar-refractivity contribution in [3.63, 3.8) is 0 Å². The van der Waals surface area contributed by atoms with Crippen molar-refractivity contribution in [1.29, 1.82) is 0 Å². The number of fused-ring (bicyclic) bond motifs is 1. The molecule has 26 heavy (non-hydrogen) atoms. The van der Waals surface area contributed by atoms with Crippen LogP contribution >= 0.6 is 12.2 Å². The Bertz CT molecular complexity index is 1030. The Morgan fingerprint density at radius 2 is 1.96 bits per heavy atom. The number of ether oxygens (including phenoxy) is 2. The molecule has 0 radical (unpaired) electrons. The molecule has 132 valence electrons. The molecule has 2 aromatic carbocycles. The van der Waals surface area contributed by atoms with Gasteiger partial charge in [0.05, 0.1) is 0 Å². The highest BCUT2D eigenvalue weighted by molar-refractivity contribution is 7.71. The number of hydrogen-bond donors (Lipinski definition) is 2. The van der Waals surface area contributed by atoms with E-state index in [-0.39, 0.29) is 18.5 Å². The molecule has 0 unspecified atom stereocenters. The number of H-pyrrole nitrogens is 1. The monoisotopic (exact) mass is 371 g/mol. The number of aromatic nitrogens is 2. The first-order valence-corrected chi connectivity index (χ1v) is 8.26. The van der Waals surface area contributed by atoms with Crippen LogP contribution in [0.4, 0.5) is 4.39 Å². The summed E-state index contributed by atoms with van der Waals surface area (Å²) in [5, 5.41) is 2.84. The van der Waals surface area contributed by atoms with Crippen LogP contribution in [0.2, 0.25) is 0 Å². The summed E-state index contributed by atoms with van der Waals surface area (Å²) in [7, 11) is 0. The largest absolute Gasteiger partial charge is 0.454 e. The van der Waals surface area contributed by atoms with Gasteiger partial charge in [0.1, 0.15) is 11.5 Å². The summed E-state index contributed by atoms with van der Waals surface area (Å²) in [4.78, 5) is 15.4. The van der Waals surface area contributed by atoms with Crippen LogP contribution in [0.25, 0.3) is 5.69 Å². The maximum Gasteiger partial charge on any atom is 0.270 e. The van der Waals surface area contributed by atoms with Crippen molar-refractivity contribution in [1.82, 2.24) is 14.9 Å². The molecule has 1 aromatic heterocycles. The van der Waals surface area contributed by atoms with Gasteiger partial charge in [0.15, 0.2) is 16.3 Å². The zero-order valence-electron chi connectivity index (χ0n) is 13.5. The molecule has 8 heteroatoms. The number of carbonyl (C=O) groups excluding carboxylic acids is 1. The molecule has 0 saturated heterocycles. The van der Waals surface area contributed by atoms with E-state index in [0.29, 0.717) is 34.2 Å². The van der Waals surface area contributed by atoms with E-state index in [1.165, 1.54) is 18.3 Å². The van der Waals surface area contributed by atoms with Gasteiger partial charge in [-0.05, 0) is 54.2 Å². The normalized spacial score (nSPS) is 12.2. The van der Waals surface area contributed by atoms with E-state index < -0.39 is 0 Å². The molecule has 0 spiro atoms. The van der Waals surface area contributed by atoms with E-state index in [1.54, 1.807) is 22.8 Å². The van der Waals surface area contributed by atoms with Gasteiger partial charge in [-0.1, -0.05) is 6.07 Å². The summed E-state index contributed by atoms with van der Waals surface area (Å²) >= 11 is 5.24. The molecule has 0 aliphatic carbocycles. The van der Waals surface area contributed by atoms with Crippen molar-refractivity contribution in [3.05, 3.63) is 70.5 Å². The molecule has 2 N–H and O–H groups in total. The van der Waals surface area contributed by atoms with Crippen molar-refractivity contribution in [2.24, 2.45) is 0 Å². The minimum absolute atomic E-state index is 0.202. The number of rotatable bonds is 4. The lowest BCUT2D eigenvalue weighted by Gasteiger charge is -2.09. The Balaban J connectivity index is 1.54. The van der Waals surface area contributed by atoms with Crippen LogP contribution in [0.15, 0.2) is 48.7 Å². The van der Waals surface area contributed by atoms with Gasteiger partial charge in [-0.2, -0.15) is 0 Å². The van der Waals surface area contributed by atoms with Crippen LogP contribution in [0.1, 0.15) is 16.1 Å². The van der Waals surface area contributed by atoms with Gasteiger partial charge in [0.25, 0.3) is 5.91 Å². The number of nitrogens with zero attached hydrogens (tertiary/aromatic N) is 1. The number of hydrogen-bond acceptors (Lipinski definition) is 4. The summed E-state index contributed by atoms with van der Waals surface area (Å²) in [5.41, 5.74) is 1.82. The Kier molecular flexibility index (Phi) is 4.18. The highest BCUT2D eigenvalue weighted by Crippen LogP contribution is 2.32. The van der Waals surface area contributed by atoms with E-state index in [2.05, 4.69) is 10.3 Å². The molecule has 1 amide bonds. The first kappa shape index (κ1) is 16.3. The first-order chi connectivity index (χ1) is 12.6. The molecule has 1 aliphatic rings. The van der Waals surface area contributed by atoms with E-state index in [1.807, 2.05) is 12.1 Å². The third kappa shape index (κ3) is 3.06. The van der Waals surface area contributed by atoms with Crippen molar-refractivity contribution in [2.45, 2.75) is 6.54 Å². The number of carbonyl (C=O) groups is 1. The fourth-order valence-corrected chi connectivity index (χ4v) is 2.97. The fraction of sp³-hybridized carbons (Fsp3) is 0.111. The topological polar surface area (TPSA) is 68.3 Å². The summed E-state index contributed by atoms with van der Waals surface area (Å²) < 4.78 is 25.7. The Morgan fingerprint density at radius 1 is 1.19 bits per heavy atom. The average Bonchev–Trinajstić information content (AvgIpc) is 3.26. The molecular weight excluding hydrogens is 357 g/mol. The lowest BCUT2D eigenvalue weighted by molar-refractivity contribution is 0.0944. The maximum absolute atomic E-state index is 13.1. The van der Waals surface area contributed by atoms with Gasteiger partial charge in [0.2, 0.25) is 6.79 Å². The second kappa shape index (κ2) is 6.64. The second-order valence-corrected chi connectivity index (χ2v) is 6.05. The van der Waals surface area contributed by atoms with Crippen LogP contribution in [0, 0.1) is 10.6 Å². The molecule has 0 fully saturated rings. The van der Waals surface area contributed by atoms with Crippen LogP contribution < -0.4 is 14.8 Å². The third-order valence-electron chi connectivity index (χ3n) is 3.98. The Morgan fingerprint density at radius 3 is 2.77 bits per heavy atom. The summed E-state index contributed by atoms with van der Waals surface area (Å²) in [5.74, 6) is 0.687. The SMILES string of the molecule is O=C(NCc1ccc2c(c1)OCO2)c1c[nH]c(=S)n1-c1ccc(F)cc1. The number of amides is 1. The Labute approximate surface area is 153 Å². The van der Waals surface area contributed by atoms with Gasteiger partial charge < -0.3 is 19.8 Å². The minimum Gasteiger partial charge on any atom is -0.454 e. The van der Waals surface area contributed by atoms with E-state index >= 15 is 0 Å². The zero-order valence-corrected chi connectivity index (χ0v) is 14.3. The highest BCUT2D eigenvalue weighted by atomic mass is 32.1. The van der Waals surface area contributed by atoms with Crippen molar-refractivity contribution >= 4 is 18.1 Å². The number of benzene rings is 2. The summed E-state index contributed by atoms with van der Waals surface area (Å²) in [6, 6.07) is 11.3. The predicted octanol–water partition coefficient (Wildman–Crippen LogP) is 3.33. The molecule has 2 heterocycles. The maximum atomic E-state index is 13.1. The fourth-order valence-electron chi connectivity index (χ4n) is 2.71. The molecule has 0 saturated carbocycles. The van der Waals surface area contributed by atoms with Gasteiger partial charge in [-0.3, -0.25) is 9.36 Å². The smallest absolute Gasteiger partial charge is 0.270 e. The van der Waals surface area contributed by atoms with Crippen LogP contribution in [0.5, 0.6) is 11.5 Å². The lowest BCUT2D eigenvalue weighted by atomic mass is 10.2. The van der Waals surface area contributed by atoms with Crippen LogP contribution in [-0.4, -0.2) is 22.3 Å². The number of halogens is 1. The van der Waals surface area contributed by atoms with Crippen molar-refractivity contribution < 1.29 is 18.7 Å². The first-order valence-electron chi connectivity index (χ1n) is 7.85. The Hall–Kier alpha value is -3.13. The zero-order chi connectivity index (χ0) is 18.1. The molecule has 6 nitrogen and oxygen atoms in total. The van der Waals surface area contributed by atoms with Crippen molar-refractivity contribution in [2.75, 3.05) is 6.79 Å². The molecule has 0 atom stereocenters. The average molecular weight is 371 g/mol. The van der Waals surface area contributed by atoms with E-state index in [0.717, 1.165) is 5.56 Å². The number of imidazole rings is 1. The quantitative estimate of drug-likeness (QED) is 0.691. The molecule has 1 aliphatic heterocycles. The molecule has 0 bridgehead atoms. The van der Waals surface area contributed by atoms with Crippen molar-refractivity contribution in [3.8, 4) is 17.2 Å². The predicted molar refractivity (Wildman–Crippen MR) is 94.6 cm³/mol. The molecule has 3 aromatic rings. The lowest BCUT2D eigenvalue weighted by Crippen LogP contribution is -2.25. The standard InChI is InChI=1S/C18H14FN3O3S/c19-12-2-4-13(5-3-12)22-14(9-21-18(22)26)17(23)20-8-11-1-6-15-16(7-11)25-10-24-15/h1-7,9H,8,10H2,(H,20,23)(H,21,26). The summed E-state index contributed by atoms with van der Waals surface area (Å²) in [6.07, 6.45) is 1.53. The molecular formula is C18H14FN3O3S. The van der Waals surface area contributed by atoms with Crippen LogP contribution in [0.3, 0.4) is 0 Å². The minimum atomic E-state index is -0.357. The molecule has 4 rings (SSSR count). The van der Waals surface area contributed by atoms with Gasteiger partial charge >= 0.3 is 0 Å².